The van der Waals surface area contributed by atoms with Gasteiger partial charge in [-0.15, -0.1) is 0 Å². The first-order valence-electron chi connectivity index (χ1n) is 5.42. The predicted molar refractivity (Wildman–Crippen MR) is 61.1 cm³/mol. The quantitative estimate of drug-likeness (QED) is 0.766. The third-order valence-electron chi connectivity index (χ3n) is 2.97. The number of hydrogen-bond acceptors (Lipinski definition) is 3. The van der Waals surface area contributed by atoms with Crippen LogP contribution in [0.3, 0.4) is 0 Å². The molecule has 0 saturated carbocycles. The number of fused-ring (bicyclic) bond motifs is 1. The van der Waals surface area contributed by atoms with Crippen molar-refractivity contribution in [1.29, 1.82) is 0 Å². The molecule has 1 unspecified atom stereocenters. The highest BCUT2D eigenvalue weighted by atomic mass is 16.5. The van der Waals surface area contributed by atoms with E-state index in [1.54, 1.807) is 14.0 Å². The summed E-state index contributed by atoms with van der Waals surface area (Å²) in [6.07, 6.45) is 0.753. The number of rotatable bonds is 2. The average molecular weight is 220 g/mol. The Hall–Kier alpha value is -1.51. The van der Waals surface area contributed by atoms with Gasteiger partial charge >= 0.3 is 0 Å². The number of ether oxygens (including phenoxy) is 2. The fourth-order valence-corrected chi connectivity index (χ4v) is 2.05. The Labute approximate surface area is 95.4 Å². The van der Waals surface area contributed by atoms with E-state index in [4.69, 9.17) is 9.47 Å². The maximum Gasteiger partial charge on any atom is 0.164 e. The maximum absolute atomic E-state index is 11.3. The van der Waals surface area contributed by atoms with Gasteiger partial charge in [-0.2, -0.15) is 0 Å². The summed E-state index contributed by atoms with van der Waals surface area (Å²) in [5.74, 6) is 1.73. The SMILES string of the molecule is COc1cc(C)cc2c1OCC(C(C)=O)C2. The van der Waals surface area contributed by atoms with Gasteiger partial charge in [-0.05, 0) is 37.5 Å². The number of benzene rings is 1. The Balaban J connectivity index is 2.38. The van der Waals surface area contributed by atoms with Crippen molar-refractivity contribution in [3.8, 4) is 11.5 Å². The molecule has 1 atom stereocenters. The van der Waals surface area contributed by atoms with Gasteiger partial charge in [0.15, 0.2) is 11.5 Å². The van der Waals surface area contributed by atoms with Crippen LogP contribution in [-0.4, -0.2) is 19.5 Å². The third kappa shape index (κ3) is 1.90. The van der Waals surface area contributed by atoms with E-state index in [0.717, 1.165) is 29.0 Å². The maximum atomic E-state index is 11.3. The van der Waals surface area contributed by atoms with Gasteiger partial charge in [0.05, 0.1) is 19.6 Å². The van der Waals surface area contributed by atoms with Gasteiger partial charge in [-0.1, -0.05) is 6.07 Å². The number of carbonyl (C=O) groups is 1. The summed E-state index contributed by atoms with van der Waals surface area (Å²) in [6.45, 7) is 4.09. The molecule has 0 aliphatic carbocycles. The van der Waals surface area contributed by atoms with Crippen LogP contribution < -0.4 is 9.47 Å². The molecule has 1 aromatic carbocycles. The molecule has 0 amide bonds. The zero-order valence-corrected chi connectivity index (χ0v) is 9.87. The normalized spacial score (nSPS) is 18.6. The molecular formula is C13H16O3. The second kappa shape index (κ2) is 4.16. The molecule has 3 heteroatoms. The molecule has 1 aliphatic rings. The van der Waals surface area contributed by atoms with Gasteiger partial charge in [0.2, 0.25) is 0 Å². The second-order valence-electron chi connectivity index (χ2n) is 4.28. The molecule has 0 aromatic heterocycles. The fourth-order valence-electron chi connectivity index (χ4n) is 2.05. The standard InChI is InChI=1S/C13H16O3/c1-8-4-10-6-11(9(2)14)7-16-13(10)12(5-8)15-3/h4-5,11H,6-7H2,1-3H3. The van der Waals surface area contributed by atoms with E-state index >= 15 is 0 Å². The zero-order valence-electron chi connectivity index (χ0n) is 9.87. The fraction of sp³-hybridized carbons (Fsp3) is 0.462. The average Bonchev–Trinajstić information content (AvgIpc) is 2.26. The monoisotopic (exact) mass is 220 g/mol. The third-order valence-corrected chi connectivity index (χ3v) is 2.97. The van der Waals surface area contributed by atoms with E-state index in [9.17, 15) is 4.79 Å². The van der Waals surface area contributed by atoms with Crippen molar-refractivity contribution in [1.82, 2.24) is 0 Å². The second-order valence-corrected chi connectivity index (χ2v) is 4.28. The molecule has 1 aliphatic heterocycles. The minimum absolute atomic E-state index is 0.0148. The van der Waals surface area contributed by atoms with Crippen LogP contribution in [0.25, 0.3) is 0 Å². The van der Waals surface area contributed by atoms with Crippen LogP contribution in [0.5, 0.6) is 11.5 Å². The van der Waals surface area contributed by atoms with Crippen LogP contribution in [0, 0.1) is 12.8 Å². The van der Waals surface area contributed by atoms with Crippen molar-refractivity contribution < 1.29 is 14.3 Å². The van der Waals surface area contributed by atoms with Crippen molar-refractivity contribution in [2.45, 2.75) is 20.3 Å². The summed E-state index contributed by atoms with van der Waals surface area (Å²) in [4.78, 5) is 11.3. The first-order chi connectivity index (χ1) is 7.61. The zero-order chi connectivity index (χ0) is 11.7. The lowest BCUT2D eigenvalue weighted by Gasteiger charge is -2.25. The van der Waals surface area contributed by atoms with E-state index in [2.05, 4.69) is 6.07 Å². The van der Waals surface area contributed by atoms with Crippen LogP contribution in [0.1, 0.15) is 18.1 Å². The topological polar surface area (TPSA) is 35.5 Å². The molecule has 0 fully saturated rings. The van der Waals surface area contributed by atoms with E-state index in [0.29, 0.717) is 6.61 Å². The Morgan fingerprint density at radius 1 is 1.50 bits per heavy atom. The van der Waals surface area contributed by atoms with Gasteiger partial charge < -0.3 is 9.47 Å². The number of Topliss-reactive ketones (excluding diaryl/α,β-unsaturated/α-hetero) is 1. The Kier molecular flexibility index (Phi) is 2.86. The van der Waals surface area contributed by atoms with Gasteiger partial charge in [-0.25, -0.2) is 0 Å². The summed E-state index contributed by atoms with van der Waals surface area (Å²) < 4.78 is 10.9. The molecule has 0 spiro atoms. The first-order valence-corrected chi connectivity index (χ1v) is 5.42. The van der Waals surface area contributed by atoms with Gasteiger partial charge in [0.1, 0.15) is 5.78 Å². The van der Waals surface area contributed by atoms with Crippen LogP contribution in [0.2, 0.25) is 0 Å². The highest BCUT2D eigenvalue weighted by Gasteiger charge is 2.25. The highest BCUT2D eigenvalue weighted by Crippen LogP contribution is 2.37. The highest BCUT2D eigenvalue weighted by molar-refractivity contribution is 5.79. The van der Waals surface area contributed by atoms with Crippen LogP contribution in [0.15, 0.2) is 12.1 Å². The summed E-state index contributed by atoms with van der Waals surface area (Å²) in [5, 5.41) is 0. The minimum atomic E-state index is -0.0148. The van der Waals surface area contributed by atoms with Gasteiger partial charge in [0, 0.05) is 0 Å². The lowest BCUT2D eigenvalue weighted by atomic mass is 9.92. The Bertz CT molecular complexity index is 423. The number of ketones is 1. The number of hydrogen-bond donors (Lipinski definition) is 0. The molecule has 3 nitrogen and oxygen atoms in total. The molecule has 0 N–H and O–H groups in total. The van der Waals surface area contributed by atoms with Crippen molar-refractivity contribution >= 4 is 5.78 Å². The lowest BCUT2D eigenvalue weighted by Crippen LogP contribution is -2.26. The Morgan fingerprint density at radius 3 is 2.88 bits per heavy atom. The van der Waals surface area contributed by atoms with E-state index in [1.807, 2.05) is 13.0 Å². The summed E-state index contributed by atoms with van der Waals surface area (Å²) in [7, 11) is 1.63. The minimum Gasteiger partial charge on any atom is -0.493 e. The molecule has 1 heterocycles. The van der Waals surface area contributed by atoms with E-state index < -0.39 is 0 Å². The van der Waals surface area contributed by atoms with Crippen molar-refractivity contribution in [2.75, 3.05) is 13.7 Å². The van der Waals surface area contributed by atoms with Crippen LogP contribution in [0.4, 0.5) is 0 Å². The van der Waals surface area contributed by atoms with E-state index in [1.165, 1.54) is 0 Å². The van der Waals surface area contributed by atoms with Crippen molar-refractivity contribution in [3.05, 3.63) is 23.3 Å². The van der Waals surface area contributed by atoms with Gasteiger partial charge in [0.25, 0.3) is 0 Å². The summed E-state index contributed by atoms with van der Waals surface area (Å²) in [6, 6.07) is 4.01. The smallest absolute Gasteiger partial charge is 0.164 e. The summed E-state index contributed by atoms with van der Waals surface area (Å²) in [5.41, 5.74) is 2.20. The molecule has 0 bridgehead atoms. The molecule has 16 heavy (non-hydrogen) atoms. The largest absolute Gasteiger partial charge is 0.493 e. The number of aryl methyl sites for hydroxylation is 1. The van der Waals surface area contributed by atoms with Crippen LogP contribution in [-0.2, 0) is 11.2 Å². The van der Waals surface area contributed by atoms with Gasteiger partial charge in [-0.3, -0.25) is 4.79 Å². The molecule has 86 valence electrons. The summed E-state index contributed by atoms with van der Waals surface area (Å²) >= 11 is 0. The first kappa shape index (κ1) is 11.0. The Morgan fingerprint density at radius 2 is 2.25 bits per heavy atom. The molecule has 0 radical (unpaired) electrons. The van der Waals surface area contributed by atoms with E-state index in [-0.39, 0.29) is 11.7 Å². The lowest BCUT2D eigenvalue weighted by molar-refractivity contribution is -0.121. The molecule has 2 rings (SSSR count). The predicted octanol–water partition coefficient (Wildman–Crippen LogP) is 2.14. The molecular weight excluding hydrogens is 204 g/mol. The van der Waals surface area contributed by atoms with Crippen molar-refractivity contribution in [2.24, 2.45) is 5.92 Å². The molecule has 1 aromatic rings. The molecule has 0 saturated heterocycles. The number of carbonyl (C=O) groups excluding carboxylic acids is 1. The van der Waals surface area contributed by atoms with Crippen LogP contribution >= 0.6 is 0 Å². The number of methoxy groups -OCH3 is 1. The van der Waals surface area contributed by atoms with Crippen molar-refractivity contribution in [3.63, 3.8) is 0 Å².